The molecule has 0 spiro atoms. The molecule has 0 aliphatic carbocycles. The third-order valence-electron chi connectivity index (χ3n) is 2.29. The molecule has 0 unspecified atom stereocenters. The Morgan fingerprint density at radius 2 is 2.13 bits per heavy atom. The highest BCUT2D eigenvalue weighted by molar-refractivity contribution is 9.10. The number of nitrogens with zero attached hydrogens (tertiary/aromatic N) is 3. The average molecular weight is 284 g/mol. The Kier molecular flexibility index (Phi) is 3.49. The second-order valence-electron chi connectivity index (χ2n) is 3.22. The maximum absolute atomic E-state index is 8.78. The van der Waals surface area contributed by atoms with E-state index < -0.39 is 0 Å². The van der Waals surface area contributed by atoms with Gasteiger partial charge in [-0.25, -0.2) is 4.98 Å². The summed E-state index contributed by atoms with van der Waals surface area (Å²) in [6.45, 7) is 2.08. The van der Waals surface area contributed by atoms with Crippen LogP contribution in [-0.4, -0.2) is 29.6 Å². The molecular formula is C10H10BrN3S. The molecule has 0 atom stereocenters. The van der Waals surface area contributed by atoms with Gasteiger partial charge in [0.1, 0.15) is 16.5 Å². The Hall–Kier alpha value is -0.730. The van der Waals surface area contributed by atoms with Crippen LogP contribution in [0.3, 0.4) is 0 Å². The summed E-state index contributed by atoms with van der Waals surface area (Å²) >= 11 is 5.28. The van der Waals surface area contributed by atoms with Gasteiger partial charge in [-0.05, 0) is 28.1 Å². The molecular weight excluding hydrogens is 274 g/mol. The van der Waals surface area contributed by atoms with Gasteiger partial charge in [0.2, 0.25) is 0 Å². The number of hydrogen-bond donors (Lipinski definition) is 0. The average Bonchev–Trinajstić information content (AvgIpc) is 2.30. The van der Waals surface area contributed by atoms with Crippen LogP contribution >= 0.6 is 27.7 Å². The van der Waals surface area contributed by atoms with E-state index in [0.29, 0.717) is 10.2 Å². The first kappa shape index (κ1) is 10.8. The van der Waals surface area contributed by atoms with Crippen molar-refractivity contribution in [1.29, 1.82) is 5.26 Å². The van der Waals surface area contributed by atoms with Crippen LogP contribution in [0.2, 0.25) is 0 Å². The fourth-order valence-electron chi connectivity index (χ4n) is 1.48. The van der Waals surface area contributed by atoms with Crippen molar-refractivity contribution in [3.63, 3.8) is 0 Å². The van der Waals surface area contributed by atoms with E-state index in [9.17, 15) is 0 Å². The van der Waals surface area contributed by atoms with Crippen LogP contribution < -0.4 is 4.90 Å². The normalized spacial score (nSPS) is 16.1. The molecule has 0 bridgehead atoms. The van der Waals surface area contributed by atoms with Crippen LogP contribution in [0.5, 0.6) is 0 Å². The Labute approximate surface area is 102 Å². The molecule has 2 rings (SSSR count). The summed E-state index contributed by atoms with van der Waals surface area (Å²) in [5.41, 5.74) is 0.588. The smallest absolute Gasteiger partial charge is 0.130 e. The molecule has 0 saturated carbocycles. The van der Waals surface area contributed by atoms with E-state index in [4.69, 9.17) is 5.26 Å². The zero-order valence-corrected chi connectivity index (χ0v) is 10.5. The summed E-state index contributed by atoms with van der Waals surface area (Å²) in [5, 5.41) is 8.78. The van der Waals surface area contributed by atoms with Crippen LogP contribution in [0.1, 0.15) is 5.56 Å². The highest BCUT2D eigenvalue weighted by Gasteiger charge is 2.13. The summed E-state index contributed by atoms with van der Waals surface area (Å²) in [6.07, 6.45) is 0. The molecule has 5 heteroatoms. The number of pyridine rings is 1. The van der Waals surface area contributed by atoms with E-state index >= 15 is 0 Å². The molecule has 0 aromatic carbocycles. The quantitative estimate of drug-likeness (QED) is 0.742. The van der Waals surface area contributed by atoms with Crippen LogP contribution in [0, 0.1) is 11.3 Å². The van der Waals surface area contributed by atoms with Gasteiger partial charge in [0.15, 0.2) is 0 Å². The van der Waals surface area contributed by atoms with Crippen molar-refractivity contribution in [3.05, 3.63) is 22.3 Å². The summed E-state index contributed by atoms with van der Waals surface area (Å²) in [7, 11) is 0. The van der Waals surface area contributed by atoms with Crippen molar-refractivity contribution in [3.8, 4) is 6.07 Å². The van der Waals surface area contributed by atoms with Crippen LogP contribution in [0.4, 0.5) is 5.82 Å². The minimum Gasteiger partial charge on any atom is -0.355 e. The second kappa shape index (κ2) is 4.86. The molecule has 1 aliphatic heterocycles. The van der Waals surface area contributed by atoms with E-state index in [1.165, 1.54) is 0 Å². The van der Waals surface area contributed by atoms with Gasteiger partial charge in [-0.2, -0.15) is 17.0 Å². The maximum atomic E-state index is 8.78. The summed E-state index contributed by atoms with van der Waals surface area (Å²) < 4.78 is 0.640. The lowest BCUT2D eigenvalue weighted by molar-refractivity contribution is 0.837. The molecule has 1 aliphatic rings. The first-order valence-electron chi connectivity index (χ1n) is 4.70. The summed E-state index contributed by atoms with van der Waals surface area (Å²) in [5.74, 6) is 3.26. The minimum atomic E-state index is 0.588. The highest BCUT2D eigenvalue weighted by atomic mass is 79.9. The fourth-order valence-corrected chi connectivity index (χ4v) is 2.78. The van der Waals surface area contributed by atoms with Crippen molar-refractivity contribution >= 4 is 33.5 Å². The third-order valence-corrected chi connectivity index (χ3v) is 3.84. The van der Waals surface area contributed by atoms with Crippen LogP contribution in [-0.2, 0) is 0 Å². The molecule has 2 heterocycles. The van der Waals surface area contributed by atoms with Gasteiger partial charge in [-0.15, -0.1) is 0 Å². The monoisotopic (exact) mass is 283 g/mol. The number of halogens is 1. The Balaban J connectivity index is 2.22. The second-order valence-corrected chi connectivity index (χ2v) is 5.19. The van der Waals surface area contributed by atoms with Crippen molar-refractivity contribution in [2.24, 2.45) is 0 Å². The van der Waals surface area contributed by atoms with Gasteiger partial charge in [0.25, 0.3) is 0 Å². The van der Waals surface area contributed by atoms with Gasteiger partial charge in [0, 0.05) is 24.6 Å². The summed E-state index contributed by atoms with van der Waals surface area (Å²) in [4.78, 5) is 6.63. The molecule has 3 nitrogen and oxygen atoms in total. The zero-order valence-electron chi connectivity index (χ0n) is 8.11. The molecule has 0 amide bonds. The standard InChI is InChI=1S/C10H10BrN3S/c11-10-8(7-12)1-2-9(13-10)14-3-5-15-6-4-14/h1-2H,3-6H2. The molecule has 1 aromatic heterocycles. The predicted octanol–water partition coefficient (Wildman–Crippen LogP) is 2.27. The van der Waals surface area contributed by atoms with Gasteiger partial charge < -0.3 is 4.90 Å². The Bertz CT molecular complexity index is 396. The minimum absolute atomic E-state index is 0.588. The van der Waals surface area contributed by atoms with E-state index in [1.54, 1.807) is 0 Å². The van der Waals surface area contributed by atoms with Crippen molar-refractivity contribution in [2.75, 3.05) is 29.5 Å². The van der Waals surface area contributed by atoms with Crippen LogP contribution in [0.15, 0.2) is 16.7 Å². The first-order chi connectivity index (χ1) is 7.31. The SMILES string of the molecule is N#Cc1ccc(N2CCSCC2)nc1Br. The molecule has 0 radical (unpaired) electrons. The molecule has 0 N–H and O–H groups in total. The van der Waals surface area contributed by atoms with Crippen LogP contribution in [0.25, 0.3) is 0 Å². The number of hydrogen-bond acceptors (Lipinski definition) is 4. The van der Waals surface area contributed by atoms with Gasteiger partial charge in [0.05, 0.1) is 5.56 Å². The lowest BCUT2D eigenvalue weighted by atomic mass is 10.3. The molecule has 1 saturated heterocycles. The Morgan fingerprint density at radius 1 is 1.40 bits per heavy atom. The third kappa shape index (κ3) is 2.44. The topological polar surface area (TPSA) is 39.9 Å². The van der Waals surface area contributed by atoms with E-state index in [0.717, 1.165) is 30.4 Å². The molecule has 1 fully saturated rings. The van der Waals surface area contributed by atoms with Crippen molar-refractivity contribution < 1.29 is 0 Å². The Morgan fingerprint density at radius 3 is 2.73 bits per heavy atom. The molecule has 1 aromatic rings. The fraction of sp³-hybridized carbons (Fsp3) is 0.400. The van der Waals surface area contributed by atoms with E-state index in [1.807, 2.05) is 23.9 Å². The van der Waals surface area contributed by atoms with Gasteiger partial charge in [-0.1, -0.05) is 0 Å². The predicted molar refractivity (Wildman–Crippen MR) is 66.2 cm³/mol. The molecule has 78 valence electrons. The number of nitriles is 1. The molecule has 15 heavy (non-hydrogen) atoms. The van der Waals surface area contributed by atoms with Gasteiger partial charge >= 0.3 is 0 Å². The number of aromatic nitrogens is 1. The van der Waals surface area contributed by atoms with Crippen molar-refractivity contribution in [1.82, 2.24) is 4.98 Å². The highest BCUT2D eigenvalue weighted by Crippen LogP contribution is 2.21. The van der Waals surface area contributed by atoms with E-state index in [2.05, 4.69) is 31.9 Å². The number of rotatable bonds is 1. The largest absolute Gasteiger partial charge is 0.355 e. The van der Waals surface area contributed by atoms with E-state index in [-0.39, 0.29) is 0 Å². The maximum Gasteiger partial charge on any atom is 0.130 e. The lowest BCUT2D eigenvalue weighted by Gasteiger charge is -2.27. The first-order valence-corrected chi connectivity index (χ1v) is 6.65. The number of anilines is 1. The zero-order chi connectivity index (χ0) is 10.7. The number of thioether (sulfide) groups is 1. The lowest BCUT2D eigenvalue weighted by Crippen LogP contribution is -2.33. The summed E-state index contributed by atoms with van der Waals surface area (Å²) in [6, 6.07) is 5.82. The van der Waals surface area contributed by atoms with Gasteiger partial charge in [-0.3, -0.25) is 0 Å². The van der Waals surface area contributed by atoms with Crippen molar-refractivity contribution in [2.45, 2.75) is 0 Å².